The maximum Gasteiger partial charge on any atom is 0.315 e. The van der Waals surface area contributed by atoms with Crippen LogP contribution in [0.3, 0.4) is 0 Å². The van der Waals surface area contributed by atoms with E-state index in [0.717, 1.165) is 19.3 Å². The Hall–Kier alpha value is -2.34. The molecule has 0 bridgehead atoms. The molecule has 0 aliphatic heterocycles. The molecule has 6 heteroatoms. The Morgan fingerprint density at radius 1 is 1.40 bits per heavy atom. The van der Waals surface area contributed by atoms with Gasteiger partial charge in [-0.3, -0.25) is 4.68 Å². The minimum atomic E-state index is -1.15. The van der Waals surface area contributed by atoms with Crippen molar-refractivity contribution in [1.82, 2.24) is 20.4 Å². The van der Waals surface area contributed by atoms with Gasteiger partial charge in [-0.1, -0.05) is 30.3 Å². The zero-order valence-corrected chi connectivity index (χ0v) is 14.8. The molecular formula is C19H26N4O2. The summed E-state index contributed by atoms with van der Waals surface area (Å²) in [7, 11) is 1.80. The summed E-state index contributed by atoms with van der Waals surface area (Å²) in [4.78, 5) is 12.3. The zero-order valence-electron chi connectivity index (χ0n) is 14.8. The average Bonchev–Trinajstić information content (AvgIpc) is 3.34. The van der Waals surface area contributed by atoms with Gasteiger partial charge in [-0.15, -0.1) is 0 Å². The summed E-state index contributed by atoms with van der Waals surface area (Å²) in [5, 5.41) is 20.5. The Kier molecular flexibility index (Phi) is 5.08. The highest BCUT2D eigenvalue weighted by atomic mass is 16.3. The summed E-state index contributed by atoms with van der Waals surface area (Å²) in [5.41, 5.74) is 0.750. The van der Waals surface area contributed by atoms with Gasteiger partial charge in [-0.05, 0) is 37.7 Å². The SMILES string of the molecule is Cn1cc([C@](C)(O)CNC(=O)N[C@@H](Cc2ccccc2)C2CC2)cn1. The number of nitrogens with one attached hydrogen (secondary N) is 2. The van der Waals surface area contributed by atoms with Crippen LogP contribution in [0.1, 0.15) is 30.9 Å². The van der Waals surface area contributed by atoms with Crippen LogP contribution in [0.2, 0.25) is 0 Å². The van der Waals surface area contributed by atoms with Crippen LogP contribution in [-0.2, 0) is 19.1 Å². The van der Waals surface area contributed by atoms with Crippen LogP contribution >= 0.6 is 0 Å². The lowest BCUT2D eigenvalue weighted by atomic mass is 10.00. The molecule has 25 heavy (non-hydrogen) atoms. The van der Waals surface area contributed by atoms with E-state index >= 15 is 0 Å². The van der Waals surface area contributed by atoms with E-state index in [0.29, 0.717) is 11.5 Å². The predicted molar refractivity (Wildman–Crippen MR) is 96.0 cm³/mol. The molecule has 2 atom stereocenters. The Balaban J connectivity index is 1.53. The lowest BCUT2D eigenvalue weighted by molar-refractivity contribution is 0.0591. The van der Waals surface area contributed by atoms with E-state index in [4.69, 9.17) is 0 Å². The molecule has 2 aromatic rings. The zero-order chi connectivity index (χ0) is 17.9. The second-order valence-corrected chi connectivity index (χ2v) is 7.14. The van der Waals surface area contributed by atoms with Crippen molar-refractivity contribution >= 4 is 6.03 Å². The van der Waals surface area contributed by atoms with Gasteiger partial charge in [0.2, 0.25) is 0 Å². The predicted octanol–water partition coefficient (Wildman–Crippen LogP) is 1.95. The number of hydrogen-bond acceptors (Lipinski definition) is 3. The van der Waals surface area contributed by atoms with Gasteiger partial charge in [0.05, 0.1) is 12.7 Å². The molecule has 0 radical (unpaired) electrons. The minimum absolute atomic E-state index is 0.130. The first-order valence-electron chi connectivity index (χ1n) is 8.74. The number of aromatic nitrogens is 2. The normalized spacial score (nSPS) is 17.6. The quantitative estimate of drug-likeness (QED) is 0.719. The standard InChI is InChI=1S/C19H26N4O2/c1-19(25,16-11-21-23(2)12-16)13-20-18(24)22-17(15-8-9-15)10-14-6-4-3-5-7-14/h3-7,11-12,15,17,25H,8-10,13H2,1-2H3,(H2,20,22,24)/t17-,19+/m0/s1. The molecule has 0 saturated heterocycles. The van der Waals surface area contributed by atoms with Gasteiger partial charge in [0, 0.05) is 24.8 Å². The van der Waals surface area contributed by atoms with Gasteiger partial charge in [-0.2, -0.15) is 5.10 Å². The van der Waals surface area contributed by atoms with Crippen LogP contribution in [0, 0.1) is 5.92 Å². The molecule has 2 amide bonds. The first-order valence-corrected chi connectivity index (χ1v) is 8.74. The first kappa shape index (κ1) is 17.5. The summed E-state index contributed by atoms with van der Waals surface area (Å²) < 4.78 is 1.63. The topological polar surface area (TPSA) is 79.2 Å². The molecule has 6 nitrogen and oxygen atoms in total. The number of aryl methyl sites for hydroxylation is 1. The third kappa shape index (κ3) is 4.82. The van der Waals surface area contributed by atoms with E-state index < -0.39 is 5.60 Å². The number of carbonyl (C=O) groups excluding carboxylic acids is 1. The van der Waals surface area contributed by atoms with Gasteiger partial charge in [-0.25, -0.2) is 4.79 Å². The van der Waals surface area contributed by atoms with Crippen LogP contribution in [0.25, 0.3) is 0 Å². The van der Waals surface area contributed by atoms with Crippen molar-refractivity contribution in [2.24, 2.45) is 13.0 Å². The molecule has 1 aliphatic rings. The number of rotatable bonds is 7. The summed E-state index contributed by atoms with van der Waals surface area (Å²) >= 11 is 0. The first-order chi connectivity index (χ1) is 11.9. The highest BCUT2D eigenvalue weighted by molar-refractivity contribution is 5.74. The number of benzene rings is 1. The van der Waals surface area contributed by atoms with Crippen molar-refractivity contribution in [3.63, 3.8) is 0 Å². The number of amides is 2. The maximum absolute atomic E-state index is 12.3. The molecule has 3 N–H and O–H groups in total. The van der Waals surface area contributed by atoms with E-state index in [9.17, 15) is 9.90 Å². The number of hydrogen-bond donors (Lipinski definition) is 3. The fourth-order valence-corrected chi connectivity index (χ4v) is 2.98. The summed E-state index contributed by atoms with van der Waals surface area (Å²) in [6.45, 7) is 1.81. The molecule has 1 heterocycles. The van der Waals surface area contributed by atoms with Gasteiger partial charge in [0.1, 0.15) is 5.60 Å². The van der Waals surface area contributed by atoms with Crippen molar-refractivity contribution in [3.8, 4) is 0 Å². The van der Waals surface area contributed by atoms with E-state index in [1.165, 1.54) is 5.56 Å². The molecule has 134 valence electrons. The number of carbonyl (C=O) groups is 1. The van der Waals surface area contributed by atoms with E-state index in [-0.39, 0.29) is 18.6 Å². The fourth-order valence-electron chi connectivity index (χ4n) is 2.98. The lowest BCUT2D eigenvalue weighted by Gasteiger charge is -2.24. The lowest BCUT2D eigenvalue weighted by Crippen LogP contribution is -2.48. The van der Waals surface area contributed by atoms with Crippen molar-refractivity contribution in [2.45, 2.75) is 37.8 Å². The van der Waals surface area contributed by atoms with Crippen LogP contribution < -0.4 is 10.6 Å². The number of nitrogens with zero attached hydrogens (tertiary/aromatic N) is 2. The Morgan fingerprint density at radius 2 is 2.12 bits per heavy atom. The number of urea groups is 1. The third-order valence-corrected chi connectivity index (χ3v) is 4.73. The van der Waals surface area contributed by atoms with Crippen LogP contribution in [-0.4, -0.2) is 33.5 Å². The minimum Gasteiger partial charge on any atom is -0.383 e. The van der Waals surface area contributed by atoms with E-state index in [1.54, 1.807) is 31.0 Å². The van der Waals surface area contributed by atoms with Gasteiger partial charge in [0.25, 0.3) is 0 Å². The van der Waals surface area contributed by atoms with E-state index in [1.807, 2.05) is 18.2 Å². The van der Waals surface area contributed by atoms with Crippen molar-refractivity contribution in [1.29, 1.82) is 0 Å². The Morgan fingerprint density at radius 3 is 2.72 bits per heavy atom. The summed E-state index contributed by atoms with van der Waals surface area (Å²) in [6.07, 6.45) is 6.51. The van der Waals surface area contributed by atoms with Crippen LogP contribution in [0.5, 0.6) is 0 Å². The van der Waals surface area contributed by atoms with E-state index in [2.05, 4.69) is 27.9 Å². The number of aliphatic hydroxyl groups is 1. The maximum atomic E-state index is 12.3. The van der Waals surface area contributed by atoms with Crippen LogP contribution in [0.4, 0.5) is 4.79 Å². The highest BCUT2D eigenvalue weighted by Gasteiger charge is 2.33. The second kappa shape index (κ2) is 7.27. The smallest absolute Gasteiger partial charge is 0.315 e. The van der Waals surface area contributed by atoms with Crippen molar-refractivity contribution in [2.75, 3.05) is 6.54 Å². The monoisotopic (exact) mass is 342 g/mol. The molecule has 1 aromatic heterocycles. The molecule has 3 rings (SSSR count). The van der Waals surface area contributed by atoms with Gasteiger partial charge in [0.15, 0.2) is 0 Å². The Bertz CT molecular complexity index is 707. The third-order valence-electron chi connectivity index (χ3n) is 4.73. The van der Waals surface area contributed by atoms with Crippen molar-refractivity contribution in [3.05, 3.63) is 53.9 Å². The van der Waals surface area contributed by atoms with Gasteiger partial charge < -0.3 is 15.7 Å². The van der Waals surface area contributed by atoms with Gasteiger partial charge >= 0.3 is 6.03 Å². The van der Waals surface area contributed by atoms with Crippen molar-refractivity contribution < 1.29 is 9.90 Å². The fraction of sp³-hybridized carbons (Fsp3) is 0.474. The second-order valence-electron chi connectivity index (χ2n) is 7.14. The summed E-state index contributed by atoms with van der Waals surface area (Å²) in [5.74, 6) is 0.546. The molecule has 1 fully saturated rings. The molecule has 0 spiro atoms. The Labute approximate surface area is 148 Å². The molecule has 1 saturated carbocycles. The molecule has 0 unspecified atom stereocenters. The molecular weight excluding hydrogens is 316 g/mol. The molecule has 1 aliphatic carbocycles. The summed E-state index contributed by atoms with van der Waals surface area (Å²) in [6, 6.07) is 10.1. The average molecular weight is 342 g/mol. The highest BCUT2D eigenvalue weighted by Crippen LogP contribution is 2.34. The largest absolute Gasteiger partial charge is 0.383 e. The molecule has 1 aromatic carbocycles. The van der Waals surface area contributed by atoms with Crippen LogP contribution in [0.15, 0.2) is 42.7 Å².